The normalized spacial score (nSPS) is 10.2. The maximum absolute atomic E-state index is 12.5. The summed E-state index contributed by atoms with van der Waals surface area (Å²) in [5.74, 6) is 1.43. The molecule has 1 N–H and O–H groups in total. The van der Waals surface area contributed by atoms with E-state index in [-0.39, 0.29) is 5.91 Å². The average Bonchev–Trinajstić information content (AvgIpc) is 2.60. The molecule has 0 saturated heterocycles. The fourth-order valence-corrected chi connectivity index (χ4v) is 2.69. The van der Waals surface area contributed by atoms with Crippen LogP contribution in [0.5, 0.6) is 17.2 Å². The van der Waals surface area contributed by atoms with Crippen molar-refractivity contribution in [2.24, 2.45) is 0 Å². The van der Waals surface area contributed by atoms with E-state index < -0.39 is 0 Å². The summed E-state index contributed by atoms with van der Waals surface area (Å²) in [5, 5.41) is 2.84. The van der Waals surface area contributed by atoms with E-state index >= 15 is 0 Å². The predicted octanol–water partition coefficient (Wildman–Crippen LogP) is 4.51. The van der Waals surface area contributed by atoms with E-state index in [1.165, 1.54) is 0 Å². The number of nitrogens with one attached hydrogen (secondary N) is 1. The molecule has 128 valence electrons. The highest BCUT2D eigenvalue weighted by Gasteiger charge is 2.16. The van der Waals surface area contributed by atoms with Gasteiger partial charge in [0, 0.05) is 5.56 Å². The lowest BCUT2D eigenvalue weighted by Crippen LogP contribution is -2.13. The molecule has 24 heavy (non-hydrogen) atoms. The first kappa shape index (κ1) is 18.1. The Bertz CT molecular complexity index is 718. The van der Waals surface area contributed by atoms with Gasteiger partial charge in [-0.15, -0.1) is 0 Å². The minimum Gasteiger partial charge on any atom is -0.495 e. The second-order valence-electron chi connectivity index (χ2n) is 4.99. The van der Waals surface area contributed by atoms with Crippen LogP contribution in [0.1, 0.15) is 23.7 Å². The number of carbonyl (C=O) groups excluding carboxylic acids is 1. The van der Waals surface area contributed by atoms with Gasteiger partial charge in [-0.05, 0) is 46.6 Å². The van der Waals surface area contributed by atoms with Crippen molar-refractivity contribution in [3.63, 3.8) is 0 Å². The van der Waals surface area contributed by atoms with E-state index in [1.807, 2.05) is 19.1 Å². The first-order valence-electron chi connectivity index (χ1n) is 7.55. The van der Waals surface area contributed by atoms with Gasteiger partial charge in [0.15, 0.2) is 11.5 Å². The van der Waals surface area contributed by atoms with Crippen molar-refractivity contribution in [1.29, 1.82) is 0 Å². The van der Waals surface area contributed by atoms with Gasteiger partial charge in [0.25, 0.3) is 5.91 Å². The summed E-state index contributed by atoms with van der Waals surface area (Å²) in [5.41, 5.74) is 1.06. The molecule has 0 aliphatic carbocycles. The lowest BCUT2D eigenvalue weighted by atomic mass is 10.1. The van der Waals surface area contributed by atoms with Crippen LogP contribution < -0.4 is 19.5 Å². The van der Waals surface area contributed by atoms with E-state index in [0.29, 0.717) is 39.6 Å². The van der Waals surface area contributed by atoms with Crippen molar-refractivity contribution < 1.29 is 19.0 Å². The number of hydrogen-bond donors (Lipinski definition) is 1. The third-order valence-corrected chi connectivity index (χ3v) is 3.89. The van der Waals surface area contributed by atoms with E-state index in [2.05, 4.69) is 21.2 Å². The summed E-state index contributed by atoms with van der Waals surface area (Å²) in [6.07, 6.45) is 0.881. The molecule has 2 rings (SSSR count). The highest BCUT2D eigenvalue weighted by atomic mass is 79.9. The SMILES string of the molecule is CCCOc1c(Br)cc(C(=O)Nc2ccccc2OC)cc1OC. The van der Waals surface area contributed by atoms with Crippen LogP contribution in [0.3, 0.4) is 0 Å². The van der Waals surface area contributed by atoms with Gasteiger partial charge in [-0.25, -0.2) is 0 Å². The molecule has 0 saturated carbocycles. The van der Waals surface area contributed by atoms with Gasteiger partial charge < -0.3 is 19.5 Å². The van der Waals surface area contributed by atoms with Gasteiger partial charge in [0.1, 0.15) is 5.75 Å². The molecular weight excluding hydrogens is 374 g/mol. The molecule has 6 heteroatoms. The number of ether oxygens (including phenoxy) is 3. The third kappa shape index (κ3) is 4.20. The Labute approximate surface area is 150 Å². The van der Waals surface area contributed by atoms with Crippen LogP contribution >= 0.6 is 15.9 Å². The number of hydrogen-bond acceptors (Lipinski definition) is 4. The lowest BCUT2D eigenvalue weighted by molar-refractivity contribution is 0.102. The minimum absolute atomic E-state index is 0.263. The van der Waals surface area contributed by atoms with Crippen molar-refractivity contribution in [1.82, 2.24) is 0 Å². The summed E-state index contributed by atoms with van der Waals surface area (Å²) in [7, 11) is 3.10. The fraction of sp³-hybridized carbons (Fsp3) is 0.278. The highest BCUT2D eigenvalue weighted by molar-refractivity contribution is 9.10. The van der Waals surface area contributed by atoms with Crippen molar-refractivity contribution in [3.05, 3.63) is 46.4 Å². The van der Waals surface area contributed by atoms with Crippen molar-refractivity contribution >= 4 is 27.5 Å². The molecule has 0 aliphatic heterocycles. The van der Waals surface area contributed by atoms with Crippen LogP contribution in [-0.4, -0.2) is 26.7 Å². The van der Waals surface area contributed by atoms with Crippen molar-refractivity contribution in [3.8, 4) is 17.2 Å². The molecule has 0 aromatic heterocycles. The van der Waals surface area contributed by atoms with Crippen LogP contribution in [0.2, 0.25) is 0 Å². The molecule has 0 fully saturated rings. The van der Waals surface area contributed by atoms with Crippen LogP contribution in [0.15, 0.2) is 40.9 Å². The van der Waals surface area contributed by atoms with Gasteiger partial charge in [-0.1, -0.05) is 19.1 Å². The van der Waals surface area contributed by atoms with Crippen molar-refractivity contribution in [2.45, 2.75) is 13.3 Å². The van der Waals surface area contributed by atoms with Gasteiger partial charge in [0.2, 0.25) is 0 Å². The van der Waals surface area contributed by atoms with Gasteiger partial charge in [-0.3, -0.25) is 4.79 Å². The zero-order valence-electron chi connectivity index (χ0n) is 13.9. The van der Waals surface area contributed by atoms with Crippen LogP contribution in [0, 0.1) is 0 Å². The summed E-state index contributed by atoms with van der Waals surface area (Å²) in [4.78, 5) is 12.5. The Morgan fingerprint density at radius 1 is 1.12 bits per heavy atom. The number of carbonyl (C=O) groups is 1. The molecule has 0 spiro atoms. The molecule has 0 atom stereocenters. The zero-order valence-corrected chi connectivity index (χ0v) is 15.5. The Kier molecular flexibility index (Phi) is 6.49. The quantitative estimate of drug-likeness (QED) is 0.751. The molecule has 0 bridgehead atoms. The van der Waals surface area contributed by atoms with Gasteiger partial charge in [-0.2, -0.15) is 0 Å². The molecule has 0 unspecified atom stereocenters. The molecule has 1 amide bonds. The summed E-state index contributed by atoms with van der Waals surface area (Å²) >= 11 is 3.44. The number of rotatable bonds is 7. The first-order chi connectivity index (χ1) is 11.6. The second-order valence-corrected chi connectivity index (χ2v) is 5.85. The monoisotopic (exact) mass is 393 g/mol. The number of para-hydroxylation sites is 2. The van der Waals surface area contributed by atoms with Gasteiger partial charge in [0.05, 0.1) is 31.0 Å². The van der Waals surface area contributed by atoms with Crippen LogP contribution in [-0.2, 0) is 0 Å². The first-order valence-corrected chi connectivity index (χ1v) is 8.34. The molecule has 2 aromatic carbocycles. The molecule has 0 radical (unpaired) electrons. The molecular formula is C18H20BrNO4. The third-order valence-electron chi connectivity index (χ3n) is 3.30. The maximum atomic E-state index is 12.5. The molecule has 5 nitrogen and oxygen atoms in total. The van der Waals surface area contributed by atoms with Crippen LogP contribution in [0.4, 0.5) is 5.69 Å². The van der Waals surface area contributed by atoms with Gasteiger partial charge >= 0.3 is 0 Å². The largest absolute Gasteiger partial charge is 0.495 e. The Morgan fingerprint density at radius 2 is 1.83 bits per heavy atom. The molecule has 0 aliphatic rings. The zero-order chi connectivity index (χ0) is 17.5. The van der Waals surface area contributed by atoms with E-state index in [4.69, 9.17) is 14.2 Å². The van der Waals surface area contributed by atoms with E-state index in [9.17, 15) is 4.79 Å². The number of halogens is 1. The fourth-order valence-electron chi connectivity index (χ4n) is 2.14. The topological polar surface area (TPSA) is 56.8 Å². The Morgan fingerprint density at radius 3 is 2.50 bits per heavy atom. The van der Waals surface area contributed by atoms with Crippen LogP contribution in [0.25, 0.3) is 0 Å². The standard InChI is InChI=1S/C18H20BrNO4/c1-4-9-24-17-13(19)10-12(11-16(17)23-3)18(21)20-14-7-5-6-8-15(14)22-2/h5-8,10-11H,4,9H2,1-3H3,(H,20,21). The lowest BCUT2D eigenvalue weighted by Gasteiger charge is -2.14. The second kappa shape index (κ2) is 8.59. The summed E-state index contributed by atoms with van der Waals surface area (Å²) < 4.78 is 16.9. The Balaban J connectivity index is 2.28. The number of amides is 1. The number of anilines is 1. The maximum Gasteiger partial charge on any atom is 0.255 e. The number of benzene rings is 2. The number of methoxy groups -OCH3 is 2. The van der Waals surface area contributed by atoms with Crippen molar-refractivity contribution in [2.75, 3.05) is 26.1 Å². The molecule has 0 heterocycles. The van der Waals surface area contributed by atoms with E-state index in [1.54, 1.807) is 38.5 Å². The minimum atomic E-state index is -0.263. The summed E-state index contributed by atoms with van der Waals surface area (Å²) in [6.45, 7) is 2.59. The smallest absolute Gasteiger partial charge is 0.255 e. The Hall–Kier alpha value is -2.21. The predicted molar refractivity (Wildman–Crippen MR) is 97.4 cm³/mol. The summed E-state index contributed by atoms with van der Waals surface area (Å²) in [6, 6.07) is 10.6. The molecule has 2 aromatic rings. The highest BCUT2D eigenvalue weighted by Crippen LogP contribution is 2.37. The van der Waals surface area contributed by atoms with E-state index in [0.717, 1.165) is 6.42 Å². The average molecular weight is 394 g/mol.